The Balaban J connectivity index is 0.000000261. The van der Waals surface area contributed by atoms with Crippen LogP contribution in [0, 0.1) is 11.2 Å². The Bertz CT molecular complexity index is 1310. The summed E-state index contributed by atoms with van der Waals surface area (Å²) in [6, 6.07) is 22.2. The molecular weight excluding hydrogens is 469 g/mol. The van der Waals surface area contributed by atoms with Crippen LogP contribution < -0.4 is 15.8 Å². The average molecular weight is 494 g/mol. The molecule has 6 nitrogen and oxygen atoms in total. The lowest BCUT2D eigenvalue weighted by Crippen LogP contribution is -2.20. The number of carbonyl (C=O) groups is 1. The van der Waals surface area contributed by atoms with E-state index in [0.717, 1.165) is 27.6 Å². The fraction of sp³-hybridized carbons (Fsp3) is 0.111. The molecule has 4 rings (SSSR count). The molecule has 0 saturated heterocycles. The fourth-order valence-electron chi connectivity index (χ4n) is 3.27. The zero-order chi connectivity index (χ0) is 25.2. The highest BCUT2D eigenvalue weighted by Gasteiger charge is 2.05. The normalized spacial score (nSPS) is 10.3. The monoisotopic (exact) mass is 493 g/mol. The highest BCUT2D eigenvalue weighted by molar-refractivity contribution is 6.32. The molecule has 0 bridgehead atoms. The van der Waals surface area contributed by atoms with Gasteiger partial charge in [-0.3, -0.25) is 4.79 Å². The first kappa shape index (κ1) is 25.7. The number of rotatable bonds is 8. The minimum Gasteiger partial charge on any atom is -0.506 e. The third-order valence-corrected chi connectivity index (χ3v) is 5.39. The molecule has 0 unspecified atom stereocenters. The van der Waals surface area contributed by atoms with Crippen LogP contribution in [0.3, 0.4) is 0 Å². The molecule has 4 aromatic carbocycles. The lowest BCUT2D eigenvalue weighted by atomic mass is 10.0. The van der Waals surface area contributed by atoms with Crippen LogP contribution in [0.2, 0.25) is 5.02 Å². The Hall–Kier alpha value is -3.94. The summed E-state index contributed by atoms with van der Waals surface area (Å²) in [6.45, 7) is 1.91. The Kier molecular flexibility index (Phi) is 9.17. The predicted molar refractivity (Wildman–Crippen MR) is 137 cm³/mol. The van der Waals surface area contributed by atoms with Crippen LogP contribution in [0.25, 0.3) is 10.8 Å². The summed E-state index contributed by atoms with van der Waals surface area (Å²) in [6.07, 6.45) is 1.36. The number of aromatic hydroxyl groups is 1. The van der Waals surface area contributed by atoms with Gasteiger partial charge in [0.15, 0.2) is 0 Å². The lowest BCUT2D eigenvalue weighted by Gasteiger charge is -2.11. The number of phenolic OH excluding ortho intramolecular Hbond substituents is 1. The molecule has 35 heavy (non-hydrogen) atoms. The number of hydrogen-bond acceptors (Lipinski definition) is 5. The summed E-state index contributed by atoms with van der Waals surface area (Å²) in [4.78, 5) is 10.5. The van der Waals surface area contributed by atoms with E-state index in [1.54, 1.807) is 12.1 Å². The van der Waals surface area contributed by atoms with E-state index in [1.165, 1.54) is 36.5 Å². The van der Waals surface area contributed by atoms with Gasteiger partial charge in [0, 0.05) is 35.8 Å². The summed E-state index contributed by atoms with van der Waals surface area (Å²) < 4.78 is 18.7. The van der Waals surface area contributed by atoms with Crippen molar-refractivity contribution in [3.63, 3.8) is 0 Å². The van der Waals surface area contributed by atoms with Crippen molar-refractivity contribution in [1.29, 1.82) is 5.41 Å². The largest absolute Gasteiger partial charge is 0.506 e. The van der Waals surface area contributed by atoms with Gasteiger partial charge in [-0.2, -0.15) is 0 Å². The minimum absolute atomic E-state index is 0.0586. The summed E-state index contributed by atoms with van der Waals surface area (Å²) in [5.41, 5.74) is 7.16. The van der Waals surface area contributed by atoms with Crippen molar-refractivity contribution in [3.8, 4) is 11.5 Å². The van der Waals surface area contributed by atoms with Gasteiger partial charge in [-0.1, -0.05) is 48.0 Å². The highest BCUT2D eigenvalue weighted by Crippen LogP contribution is 2.27. The molecule has 0 aliphatic rings. The van der Waals surface area contributed by atoms with Crippen LogP contribution in [-0.4, -0.2) is 30.4 Å². The van der Waals surface area contributed by atoms with Crippen LogP contribution in [0.15, 0.2) is 78.9 Å². The molecule has 5 N–H and O–H groups in total. The van der Waals surface area contributed by atoms with Crippen molar-refractivity contribution in [2.75, 3.05) is 13.2 Å². The number of nitrogens with one attached hydrogen (secondary N) is 2. The molecule has 0 heterocycles. The molecule has 1 amide bonds. The molecular formula is C27H25ClFN3O3. The first-order valence-electron chi connectivity index (χ1n) is 10.8. The zero-order valence-corrected chi connectivity index (χ0v) is 19.6. The van der Waals surface area contributed by atoms with Crippen molar-refractivity contribution in [2.45, 2.75) is 6.54 Å². The Morgan fingerprint density at radius 1 is 1.06 bits per heavy atom. The van der Waals surface area contributed by atoms with E-state index in [-0.39, 0.29) is 22.2 Å². The van der Waals surface area contributed by atoms with Crippen molar-refractivity contribution in [2.24, 2.45) is 5.73 Å². The summed E-state index contributed by atoms with van der Waals surface area (Å²) in [5, 5.41) is 21.9. The summed E-state index contributed by atoms with van der Waals surface area (Å²) in [5.74, 6) is -0.0225. The van der Waals surface area contributed by atoms with Gasteiger partial charge in [-0.15, -0.1) is 0 Å². The Morgan fingerprint density at radius 2 is 1.77 bits per heavy atom. The van der Waals surface area contributed by atoms with Crippen LogP contribution in [0.5, 0.6) is 11.5 Å². The van der Waals surface area contributed by atoms with E-state index in [2.05, 4.69) is 5.32 Å². The van der Waals surface area contributed by atoms with Gasteiger partial charge in [0.1, 0.15) is 23.9 Å². The van der Waals surface area contributed by atoms with Gasteiger partial charge in [0.05, 0.1) is 5.02 Å². The number of benzene rings is 4. The molecule has 0 aliphatic heterocycles. The van der Waals surface area contributed by atoms with Crippen molar-refractivity contribution >= 4 is 34.5 Å². The molecule has 8 heteroatoms. The molecule has 180 valence electrons. The maximum Gasteiger partial charge on any atom is 0.248 e. The van der Waals surface area contributed by atoms with Crippen molar-refractivity contribution < 1.29 is 19.0 Å². The molecule has 0 radical (unpaired) electrons. The van der Waals surface area contributed by atoms with Gasteiger partial charge in [0.2, 0.25) is 5.91 Å². The number of nitrogens with two attached hydrogens (primary N) is 1. The molecule has 0 aromatic heterocycles. The zero-order valence-electron chi connectivity index (χ0n) is 18.8. The first-order valence-corrected chi connectivity index (χ1v) is 11.2. The number of halogens is 2. The molecule has 0 aliphatic carbocycles. The highest BCUT2D eigenvalue weighted by atomic mass is 35.5. The van der Waals surface area contributed by atoms with E-state index in [4.69, 9.17) is 32.6 Å². The topological polar surface area (TPSA) is 108 Å². The lowest BCUT2D eigenvalue weighted by molar-refractivity contribution is 0.100. The fourth-order valence-corrected chi connectivity index (χ4v) is 3.46. The third-order valence-electron chi connectivity index (χ3n) is 5.08. The van der Waals surface area contributed by atoms with Gasteiger partial charge in [-0.25, -0.2) is 4.39 Å². The smallest absolute Gasteiger partial charge is 0.248 e. The summed E-state index contributed by atoms with van der Waals surface area (Å²) >= 11 is 5.50. The standard InChI is InChI=1S/C20H19FN2O.C7H6ClNO2/c21-17-8-5-15(6-9-17)14-23-11-12-24-20-10-7-16(13-22)18-3-1-2-4-19(18)20;8-5-3-4(7(9)11)1-2-6(5)10/h1-10,13,22-23H,11-12,14H2;1-3,10H,(H2,9,11). The van der Waals surface area contributed by atoms with Crippen LogP contribution in [0.4, 0.5) is 4.39 Å². The second-order valence-electron chi connectivity index (χ2n) is 7.52. The molecule has 0 spiro atoms. The minimum atomic E-state index is -0.563. The van der Waals surface area contributed by atoms with E-state index in [9.17, 15) is 9.18 Å². The number of ether oxygens (including phenoxy) is 1. The molecule has 0 atom stereocenters. The predicted octanol–water partition coefficient (Wildman–Crippen LogP) is 5.29. The second-order valence-corrected chi connectivity index (χ2v) is 7.93. The maximum absolute atomic E-state index is 12.8. The quantitative estimate of drug-likeness (QED) is 0.197. The number of fused-ring (bicyclic) bond motifs is 1. The van der Waals surface area contributed by atoms with E-state index >= 15 is 0 Å². The van der Waals surface area contributed by atoms with Crippen LogP contribution >= 0.6 is 11.6 Å². The van der Waals surface area contributed by atoms with Gasteiger partial charge >= 0.3 is 0 Å². The number of primary amides is 1. The number of hydrogen-bond donors (Lipinski definition) is 4. The number of carbonyl (C=O) groups excluding carboxylic acids is 1. The van der Waals surface area contributed by atoms with Gasteiger partial charge in [-0.05, 0) is 53.4 Å². The van der Waals surface area contributed by atoms with Gasteiger partial charge < -0.3 is 26.3 Å². The molecule has 0 saturated carbocycles. The van der Waals surface area contributed by atoms with Gasteiger partial charge in [0.25, 0.3) is 0 Å². The van der Waals surface area contributed by atoms with E-state index < -0.39 is 5.91 Å². The molecule has 4 aromatic rings. The Labute approximate surface area is 207 Å². The number of amides is 1. The average Bonchev–Trinajstić information content (AvgIpc) is 2.87. The number of phenols is 1. The summed E-state index contributed by atoms with van der Waals surface area (Å²) in [7, 11) is 0. The first-order chi connectivity index (χ1) is 16.9. The maximum atomic E-state index is 12.8. The Morgan fingerprint density at radius 3 is 2.43 bits per heavy atom. The van der Waals surface area contributed by atoms with Crippen molar-refractivity contribution in [3.05, 3.63) is 106 Å². The SMILES string of the molecule is N=Cc1ccc(OCCNCc2ccc(F)cc2)c2ccccc12.NC(=O)c1ccc(O)c(Cl)c1. The van der Waals surface area contributed by atoms with Crippen molar-refractivity contribution in [1.82, 2.24) is 5.32 Å². The van der Waals surface area contributed by atoms with Crippen LogP contribution in [-0.2, 0) is 6.54 Å². The van der Waals surface area contributed by atoms with E-state index in [0.29, 0.717) is 19.7 Å². The molecule has 0 fully saturated rings. The van der Waals surface area contributed by atoms with Crippen LogP contribution in [0.1, 0.15) is 21.5 Å². The third kappa shape index (κ3) is 7.27. The van der Waals surface area contributed by atoms with E-state index in [1.807, 2.05) is 36.4 Å². The second kappa shape index (κ2) is 12.5.